The summed E-state index contributed by atoms with van der Waals surface area (Å²) in [5.74, 6) is -1.76. The molecule has 1 aromatic carbocycles. The van der Waals surface area contributed by atoms with Crippen LogP contribution in [0.2, 0.25) is 0 Å². The number of aromatic nitrogens is 1. The van der Waals surface area contributed by atoms with Gasteiger partial charge in [0.25, 0.3) is 0 Å². The van der Waals surface area contributed by atoms with Crippen molar-refractivity contribution in [1.29, 1.82) is 0 Å². The van der Waals surface area contributed by atoms with E-state index in [-0.39, 0.29) is 6.61 Å². The molecule has 1 aromatic heterocycles. The van der Waals surface area contributed by atoms with E-state index in [2.05, 4.69) is 4.98 Å². The van der Waals surface area contributed by atoms with E-state index in [1.54, 1.807) is 25.3 Å². The molecule has 0 amide bonds. The first-order valence-electron chi connectivity index (χ1n) is 8.03. The highest BCUT2D eigenvalue weighted by Crippen LogP contribution is 2.28. The second-order valence-electron chi connectivity index (χ2n) is 5.57. The fourth-order valence-corrected chi connectivity index (χ4v) is 2.77. The van der Waals surface area contributed by atoms with Gasteiger partial charge in [0.05, 0.1) is 13.2 Å². The largest absolute Gasteiger partial charge is 0.462 e. The van der Waals surface area contributed by atoms with Gasteiger partial charge in [-0.15, -0.1) is 0 Å². The third-order valence-electron chi connectivity index (χ3n) is 3.96. The number of hydrogen-bond donors (Lipinski definition) is 0. The number of nitrogens with zero attached hydrogens (tertiary/aromatic N) is 2. The molecule has 0 bridgehead atoms. The van der Waals surface area contributed by atoms with Crippen LogP contribution in [0.1, 0.15) is 28.9 Å². The van der Waals surface area contributed by atoms with Gasteiger partial charge in [-0.05, 0) is 36.8 Å². The molecule has 1 fully saturated rings. The molecule has 2 aromatic rings. The van der Waals surface area contributed by atoms with Crippen molar-refractivity contribution in [2.75, 3.05) is 31.2 Å². The Hall–Kier alpha value is -2.54. The molecule has 0 N–H and O–H groups in total. The minimum atomic E-state index is -0.914. The lowest BCUT2D eigenvalue weighted by Crippen LogP contribution is -2.39. The van der Waals surface area contributed by atoms with Gasteiger partial charge in [0.15, 0.2) is 11.6 Å². The van der Waals surface area contributed by atoms with Gasteiger partial charge >= 0.3 is 5.97 Å². The first-order valence-corrected chi connectivity index (χ1v) is 8.03. The Bertz CT molecular complexity index is 770. The Morgan fingerprint density at radius 3 is 2.96 bits per heavy atom. The number of carbonyl (C=O) groups excluding carboxylic acids is 1. The summed E-state index contributed by atoms with van der Waals surface area (Å²) in [6, 6.07) is 7.04. The van der Waals surface area contributed by atoms with Crippen LogP contribution in [0.15, 0.2) is 36.5 Å². The van der Waals surface area contributed by atoms with Gasteiger partial charge in [0.1, 0.15) is 17.5 Å². The second kappa shape index (κ2) is 7.57. The van der Waals surface area contributed by atoms with Crippen LogP contribution in [-0.2, 0) is 9.47 Å². The lowest BCUT2D eigenvalue weighted by atomic mass is 10.1. The summed E-state index contributed by atoms with van der Waals surface area (Å²) in [6.45, 7) is 3.29. The van der Waals surface area contributed by atoms with Crippen LogP contribution < -0.4 is 4.90 Å². The van der Waals surface area contributed by atoms with Crippen molar-refractivity contribution < 1.29 is 23.0 Å². The molecular formula is C18H18F2N2O3. The van der Waals surface area contributed by atoms with Gasteiger partial charge in [-0.25, -0.2) is 18.6 Å². The number of ether oxygens (including phenoxy) is 2. The molecule has 5 nitrogen and oxygen atoms in total. The van der Waals surface area contributed by atoms with Crippen LogP contribution in [0.4, 0.5) is 14.6 Å². The van der Waals surface area contributed by atoms with Gasteiger partial charge in [-0.3, -0.25) is 0 Å². The van der Waals surface area contributed by atoms with E-state index in [9.17, 15) is 13.6 Å². The Labute approximate surface area is 144 Å². The summed E-state index contributed by atoms with van der Waals surface area (Å²) in [6.07, 6.45) is 1.15. The normalized spacial score (nSPS) is 17.4. The van der Waals surface area contributed by atoms with E-state index >= 15 is 0 Å². The highest BCUT2D eigenvalue weighted by Gasteiger charge is 2.27. The van der Waals surface area contributed by atoms with Crippen LogP contribution in [-0.4, -0.2) is 37.3 Å². The second-order valence-corrected chi connectivity index (χ2v) is 5.57. The summed E-state index contributed by atoms with van der Waals surface area (Å²) < 4.78 is 37.4. The molecule has 1 unspecified atom stereocenters. The van der Waals surface area contributed by atoms with Crippen molar-refractivity contribution in [3.8, 4) is 0 Å². The Balaban J connectivity index is 1.84. The average molecular weight is 348 g/mol. The first-order chi connectivity index (χ1) is 12.1. The van der Waals surface area contributed by atoms with Crippen molar-refractivity contribution in [1.82, 2.24) is 4.98 Å². The van der Waals surface area contributed by atoms with Crippen molar-refractivity contribution in [2.24, 2.45) is 0 Å². The summed E-state index contributed by atoms with van der Waals surface area (Å²) in [5.41, 5.74) is 0.910. The summed E-state index contributed by atoms with van der Waals surface area (Å²) in [7, 11) is 0. The fourth-order valence-electron chi connectivity index (χ4n) is 2.77. The van der Waals surface area contributed by atoms with Crippen molar-refractivity contribution in [2.45, 2.75) is 13.0 Å². The molecule has 7 heteroatoms. The number of carbonyl (C=O) groups is 1. The maximum Gasteiger partial charge on any atom is 0.341 e. The smallest absolute Gasteiger partial charge is 0.341 e. The number of benzene rings is 1. The van der Waals surface area contributed by atoms with Crippen LogP contribution in [0.5, 0.6) is 0 Å². The first kappa shape index (κ1) is 17.3. The van der Waals surface area contributed by atoms with Crippen LogP contribution in [0.3, 0.4) is 0 Å². The van der Waals surface area contributed by atoms with E-state index in [1.807, 2.05) is 4.90 Å². The predicted molar refractivity (Wildman–Crippen MR) is 87.5 cm³/mol. The number of halogens is 2. The molecule has 0 aliphatic carbocycles. The molecule has 1 atom stereocenters. The Kier molecular flexibility index (Phi) is 5.23. The van der Waals surface area contributed by atoms with E-state index in [0.717, 1.165) is 12.1 Å². The summed E-state index contributed by atoms with van der Waals surface area (Å²) in [5, 5.41) is 0. The number of morpholine rings is 1. The molecule has 1 aliphatic rings. The molecule has 0 radical (unpaired) electrons. The Morgan fingerprint density at radius 2 is 2.20 bits per heavy atom. The van der Waals surface area contributed by atoms with Crippen LogP contribution in [0.25, 0.3) is 0 Å². The number of anilines is 1. The lowest BCUT2D eigenvalue weighted by Gasteiger charge is -2.34. The molecule has 2 heterocycles. The summed E-state index contributed by atoms with van der Waals surface area (Å²) >= 11 is 0. The highest BCUT2D eigenvalue weighted by atomic mass is 19.2. The fraction of sp³-hybridized carbons (Fsp3) is 0.333. The molecular weight excluding hydrogens is 330 g/mol. The maximum absolute atomic E-state index is 13.5. The number of rotatable bonds is 4. The van der Waals surface area contributed by atoms with Crippen LogP contribution >= 0.6 is 0 Å². The van der Waals surface area contributed by atoms with E-state index in [0.29, 0.717) is 36.6 Å². The SMILES string of the molecule is CCOC(=O)c1cccnc1N1CCOC(c2ccc(F)c(F)c2)C1. The van der Waals surface area contributed by atoms with Crippen LogP contribution in [0, 0.1) is 11.6 Å². The maximum atomic E-state index is 13.5. The molecule has 3 rings (SSSR count). The minimum Gasteiger partial charge on any atom is -0.462 e. The molecule has 0 saturated carbocycles. The van der Waals surface area contributed by atoms with Crippen molar-refractivity contribution >= 4 is 11.8 Å². The third-order valence-corrected chi connectivity index (χ3v) is 3.96. The molecule has 0 spiro atoms. The monoisotopic (exact) mass is 348 g/mol. The molecule has 1 saturated heterocycles. The number of hydrogen-bond acceptors (Lipinski definition) is 5. The average Bonchev–Trinajstić information content (AvgIpc) is 2.64. The number of esters is 1. The zero-order valence-corrected chi connectivity index (χ0v) is 13.7. The minimum absolute atomic E-state index is 0.272. The van der Waals surface area contributed by atoms with Gasteiger partial charge in [0, 0.05) is 19.3 Å². The van der Waals surface area contributed by atoms with Gasteiger partial charge in [-0.1, -0.05) is 6.07 Å². The molecule has 132 valence electrons. The van der Waals surface area contributed by atoms with Crippen molar-refractivity contribution in [3.63, 3.8) is 0 Å². The Morgan fingerprint density at radius 1 is 1.36 bits per heavy atom. The summed E-state index contributed by atoms with van der Waals surface area (Å²) in [4.78, 5) is 18.3. The van der Waals surface area contributed by atoms with Gasteiger partial charge in [-0.2, -0.15) is 0 Å². The van der Waals surface area contributed by atoms with Crippen molar-refractivity contribution in [3.05, 3.63) is 59.3 Å². The highest BCUT2D eigenvalue weighted by molar-refractivity contribution is 5.94. The zero-order chi connectivity index (χ0) is 17.8. The quantitative estimate of drug-likeness (QED) is 0.795. The van der Waals surface area contributed by atoms with E-state index in [1.165, 1.54) is 6.07 Å². The standard InChI is InChI=1S/C18H18F2N2O3/c1-2-24-18(23)13-4-3-7-21-17(13)22-8-9-25-16(11-22)12-5-6-14(19)15(20)10-12/h3-7,10,16H,2,8-9,11H2,1H3. The molecule has 1 aliphatic heterocycles. The molecule has 25 heavy (non-hydrogen) atoms. The van der Waals surface area contributed by atoms with E-state index in [4.69, 9.17) is 9.47 Å². The van der Waals surface area contributed by atoms with Gasteiger partial charge < -0.3 is 14.4 Å². The predicted octanol–water partition coefficient (Wildman–Crippen LogP) is 3.11. The zero-order valence-electron chi connectivity index (χ0n) is 13.7. The third kappa shape index (κ3) is 3.76. The topological polar surface area (TPSA) is 51.7 Å². The number of pyridine rings is 1. The van der Waals surface area contributed by atoms with E-state index < -0.39 is 23.7 Å². The van der Waals surface area contributed by atoms with Gasteiger partial charge in [0.2, 0.25) is 0 Å². The lowest BCUT2D eigenvalue weighted by molar-refractivity contribution is 0.0387.